The largest absolute Gasteiger partial charge is 0.497 e. The van der Waals surface area contributed by atoms with E-state index in [2.05, 4.69) is 0 Å². The zero-order valence-electron chi connectivity index (χ0n) is 20.1. The van der Waals surface area contributed by atoms with Crippen LogP contribution in [-0.4, -0.2) is 56.9 Å². The molecule has 2 fully saturated rings. The lowest BCUT2D eigenvalue weighted by atomic mass is 9.99. The molecule has 1 aliphatic carbocycles. The number of ether oxygens (including phenoxy) is 6. The lowest BCUT2D eigenvalue weighted by Gasteiger charge is -2.21. The summed E-state index contributed by atoms with van der Waals surface area (Å²) in [7, 11) is 3.06. The van der Waals surface area contributed by atoms with E-state index in [-0.39, 0.29) is 24.6 Å². The van der Waals surface area contributed by atoms with Crippen molar-refractivity contribution in [3.63, 3.8) is 0 Å². The first-order valence-corrected chi connectivity index (χ1v) is 11.6. The normalized spacial score (nSPS) is 30.4. The molecule has 1 saturated carbocycles. The summed E-state index contributed by atoms with van der Waals surface area (Å²) < 4.78 is 34.1. The average Bonchev–Trinajstić information content (AvgIpc) is 3.37. The number of hydrogen-bond donors (Lipinski definition) is 0. The predicted octanol–water partition coefficient (Wildman–Crippen LogP) is 4.07. The molecule has 2 aliphatic heterocycles. The van der Waals surface area contributed by atoms with Crippen LogP contribution >= 0.6 is 0 Å². The van der Waals surface area contributed by atoms with E-state index in [1.165, 1.54) is 7.11 Å². The molecule has 0 unspecified atom stereocenters. The molecular weight excluding hydrogens is 440 g/mol. The number of ketones is 1. The van der Waals surface area contributed by atoms with Crippen molar-refractivity contribution in [3.8, 4) is 11.5 Å². The van der Waals surface area contributed by atoms with Crippen LogP contribution in [0.5, 0.6) is 11.5 Å². The summed E-state index contributed by atoms with van der Waals surface area (Å²) in [5.74, 6) is -0.697. The predicted molar refractivity (Wildman–Crippen MR) is 124 cm³/mol. The van der Waals surface area contributed by atoms with Gasteiger partial charge in [-0.1, -0.05) is 18.2 Å². The van der Waals surface area contributed by atoms with Crippen LogP contribution in [0, 0.1) is 5.92 Å². The molecule has 8 nitrogen and oxygen atoms in total. The molecule has 4 rings (SSSR count). The lowest BCUT2D eigenvalue weighted by molar-refractivity contribution is -0.152. The van der Waals surface area contributed by atoms with Gasteiger partial charge in [0, 0.05) is 19.1 Å². The van der Waals surface area contributed by atoms with Crippen LogP contribution in [0.1, 0.15) is 55.5 Å². The van der Waals surface area contributed by atoms with Crippen LogP contribution in [0.15, 0.2) is 30.4 Å². The van der Waals surface area contributed by atoms with Gasteiger partial charge in [-0.15, -0.1) is 0 Å². The molecule has 0 radical (unpaired) electrons. The fourth-order valence-electron chi connectivity index (χ4n) is 4.72. The summed E-state index contributed by atoms with van der Waals surface area (Å²) in [6, 6.07) is 3.40. The zero-order chi connectivity index (χ0) is 24.3. The van der Waals surface area contributed by atoms with E-state index in [1.807, 2.05) is 12.2 Å². The van der Waals surface area contributed by atoms with Gasteiger partial charge in [-0.25, -0.2) is 4.79 Å². The molecule has 0 N–H and O–H groups in total. The Balaban J connectivity index is 1.77. The van der Waals surface area contributed by atoms with E-state index >= 15 is 0 Å². The van der Waals surface area contributed by atoms with Gasteiger partial charge >= 0.3 is 5.97 Å². The first-order valence-electron chi connectivity index (χ1n) is 11.6. The number of carbonyl (C=O) groups is 2. The first-order chi connectivity index (χ1) is 16.3. The zero-order valence-corrected chi connectivity index (χ0v) is 20.1. The van der Waals surface area contributed by atoms with Crippen LogP contribution in [0.3, 0.4) is 0 Å². The minimum absolute atomic E-state index is 0.0302. The van der Waals surface area contributed by atoms with Gasteiger partial charge in [0.2, 0.25) is 0 Å². The maximum absolute atomic E-state index is 13.4. The quantitative estimate of drug-likeness (QED) is 0.479. The Bertz CT molecular complexity index is 979. The van der Waals surface area contributed by atoms with E-state index in [9.17, 15) is 9.59 Å². The molecule has 4 atom stereocenters. The summed E-state index contributed by atoms with van der Waals surface area (Å²) in [6.45, 7) is 3.57. The van der Waals surface area contributed by atoms with Crippen LogP contribution in [-0.2, 0) is 23.7 Å². The molecule has 2 heterocycles. The first kappa shape index (κ1) is 24.4. The molecule has 184 valence electrons. The third-order valence-corrected chi connectivity index (χ3v) is 6.28. The van der Waals surface area contributed by atoms with Crippen LogP contribution in [0.25, 0.3) is 6.08 Å². The van der Waals surface area contributed by atoms with Gasteiger partial charge < -0.3 is 28.4 Å². The fourth-order valence-corrected chi connectivity index (χ4v) is 4.72. The standard InChI is InChI=1S/C26H32O8/c1-26(2)33-21-10-6-8-17-13-18(30-4)14-22(31-15-29-3)23(17)25(28)32-20-9-5-7-16(20)11-12-19(27)24(21)34-26/h6,8,11-14,16,20-21,24H,5,7,9-10,15H2,1-4H3/b8-6+,12-11-/t16-,20+,21+,24-/m1/s1. The molecule has 1 aromatic carbocycles. The Hall–Kier alpha value is -2.68. The minimum atomic E-state index is -0.863. The van der Waals surface area contributed by atoms with Crippen molar-refractivity contribution < 1.29 is 38.0 Å². The second-order valence-corrected chi connectivity index (χ2v) is 9.17. The number of methoxy groups -OCH3 is 2. The molecular formula is C26H32O8. The van der Waals surface area contributed by atoms with E-state index in [0.29, 0.717) is 29.0 Å². The Morgan fingerprint density at radius 2 is 1.88 bits per heavy atom. The highest BCUT2D eigenvalue weighted by Gasteiger charge is 2.44. The number of rotatable bonds is 4. The maximum Gasteiger partial charge on any atom is 0.342 e. The van der Waals surface area contributed by atoms with E-state index in [1.54, 1.807) is 45.2 Å². The monoisotopic (exact) mass is 472 g/mol. The molecule has 0 amide bonds. The molecule has 0 aromatic heterocycles. The van der Waals surface area contributed by atoms with Gasteiger partial charge in [0.05, 0.1) is 13.2 Å². The van der Waals surface area contributed by atoms with Crippen molar-refractivity contribution in [1.29, 1.82) is 0 Å². The molecule has 0 bridgehead atoms. The molecule has 1 aromatic rings. The smallest absolute Gasteiger partial charge is 0.342 e. The van der Waals surface area contributed by atoms with Crippen LogP contribution in [0.4, 0.5) is 0 Å². The fraction of sp³-hybridized carbons (Fsp3) is 0.538. The number of hydrogen-bond acceptors (Lipinski definition) is 8. The van der Waals surface area contributed by atoms with Gasteiger partial charge in [-0.2, -0.15) is 0 Å². The van der Waals surface area contributed by atoms with Crippen LogP contribution < -0.4 is 9.47 Å². The summed E-state index contributed by atoms with van der Waals surface area (Å²) in [5, 5.41) is 0. The average molecular weight is 473 g/mol. The number of benzene rings is 1. The Morgan fingerprint density at radius 3 is 2.65 bits per heavy atom. The van der Waals surface area contributed by atoms with E-state index < -0.39 is 24.0 Å². The minimum Gasteiger partial charge on any atom is -0.497 e. The summed E-state index contributed by atoms with van der Waals surface area (Å²) in [5.41, 5.74) is 0.885. The maximum atomic E-state index is 13.4. The Labute approximate surface area is 199 Å². The summed E-state index contributed by atoms with van der Waals surface area (Å²) in [6.07, 6.45) is 8.45. The van der Waals surface area contributed by atoms with Crippen LogP contribution in [0.2, 0.25) is 0 Å². The van der Waals surface area contributed by atoms with Gasteiger partial charge in [0.1, 0.15) is 29.3 Å². The second-order valence-electron chi connectivity index (χ2n) is 9.17. The molecule has 0 spiro atoms. The second kappa shape index (κ2) is 10.3. The van der Waals surface area contributed by atoms with E-state index in [4.69, 9.17) is 28.4 Å². The summed E-state index contributed by atoms with van der Waals surface area (Å²) in [4.78, 5) is 26.3. The van der Waals surface area contributed by atoms with Crippen molar-refractivity contribution in [1.82, 2.24) is 0 Å². The molecule has 3 aliphatic rings. The molecule has 34 heavy (non-hydrogen) atoms. The highest BCUT2D eigenvalue weighted by molar-refractivity contribution is 5.97. The van der Waals surface area contributed by atoms with Crippen molar-refractivity contribution in [2.75, 3.05) is 21.0 Å². The highest BCUT2D eigenvalue weighted by atomic mass is 16.8. The van der Waals surface area contributed by atoms with Gasteiger partial charge in [-0.05, 0) is 57.2 Å². The Kier molecular flexibility index (Phi) is 7.40. The summed E-state index contributed by atoms with van der Waals surface area (Å²) >= 11 is 0. The van der Waals surface area contributed by atoms with Crippen molar-refractivity contribution in [2.45, 2.75) is 63.6 Å². The highest BCUT2D eigenvalue weighted by Crippen LogP contribution is 2.36. The third kappa shape index (κ3) is 5.35. The number of carbonyl (C=O) groups excluding carboxylic acids is 2. The third-order valence-electron chi connectivity index (χ3n) is 6.28. The van der Waals surface area contributed by atoms with Crippen molar-refractivity contribution in [2.24, 2.45) is 5.92 Å². The number of esters is 1. The topological polar surface area (TPSA) is 89.5 Å². The Morgan fingerprint density at radius 1 is 1.06 bits per heavy atom. The van der Waals surface area contributed by atoms with Crippen molar-refractivity contribution in [3.05, 3.63) is 41.5 Å². The molecule has 1 saturated heterocycles. The number of fused-ring (bicyclic) bond motifs is 3. The SMILES string of the molecule is COCOc1cc(OC)cc2c1C(=O)O[C@H]1CCC[C@@H]1/C=C\C(=O)[C@H]1OC(C)(C)O[C@H]1C/C=C/2. The van der Waals surface area contributed by atoms with E-state index in [0.717, 1.165) is 19.3 Å². The van der Waals surface area contributed by atoms with Crippen molar-refractivity contribution >= 4 is 17.8 Å². The molecule has 8 heteroatoms. The van der Waals surface area contributed by atoms with Gasteiger partial charge in [-0.3, -0.25) is 4.79 Å². The van der Waals surface area contributed by atoms with Gasteiger partial charge in [0.25, 0.3) is 0 Å². The lowest BCUT2D eigenvalue weighted by Crippen LogP contribution is -2.30. The van der Waals surface area contributed by atoms with Gasteiger partial charge in [0.15, 0.2) is 18.4 Å².